The standard InChI is InChI=1S/C35H53N5O8/c1-2-45-32(41)37-31(36)26-20-12-10-8-6-4-3-5-7-9-11-13-21-27-46-35(44)40(39-34(43)48-30-24-18-15-19-25-30)38-33(42)47-28-29-22-16-14-17-23-29/h14-19,22-25,31H,2-13,20-21,26-28,36H2,1H3,(H,37,41)(H,38,42)(H,39,43). The zero-order valence-corrected chi connectivity index (χ0v) is 28.2. The summed E-state index contributed by atoms with van der Waals surface area (Å²) in [4.78, 5) is 48.8. The molecule has 0 aliphatic heterocycles. The lowest BCUT2D eigenvalue weighted by Crippen LogP contribution is -2.56. The van der Waals surface area contributed by atoms with Crippen LogP contribution in [-0.2, 0) is 20.8 Å². The van der Waals surface area contributed by atoms with Crippen LogP contribution in [0, 0.1) is 0 Å². The highest BCUT2D eigenvalue weighted by atomic mass is 16.6. The highest BCUT2D eigenvalue weighted by Crippen LogP contribution is 2.14. The van der Waals surface area contributed by atoms with E-state index in [1.165, 1.54) is 44.9 Å². The average molecular weight is 672 g/mol. The number of benzene rings is 2. The van der Waals surface area contributed by atoms with Crippen molar-refractivity contribution in [2.24, 2.45) is 5.73 Å². The Hall–Kier alpha value is -4.52. The van der Waals surface area contributed by atoms with Gasteiger partial charge in [-0.15, -0.1) is 5.12 Å². The molecule has 0 aliphatic rings. The first-order valence-electron chi connectivity index (χ1n) is 17.0. The van der Waals surface area contributed by atoms with E-state index in [4.69, 9.17) is 24.7 Å². The molecular formula is C35H53N5O8. The van der Waals surface area contributed by atoms with E-state index < -0.39 is 24.4 Å². The first-order chi connectivity index (χ1) is 23.4. The fourth-order valence-electron chi connectivity index (χ4n) is 4.71. The lowest BCUT2D eigenvalue weighted by molar-refractivity contribution is 0.0463. The molecule has 0 saturated carbocycles. The molecule has 0 aromatic heterocycles. The van der Waals surface area contributed by atoms with Gasteiger partial charge < -0.3 is 30.0 Å². The fraction of sp³-hybridized carbons (Fsp3) is 0.543. The number of ether oxygens (including phenoxy) is 4. The zero-order chi connectivity index (χ0) is 34.7. The summed E-state index contributed by atoms with van der Waals surface area (Å²) >= 11 is 0. The van der Waals surface area contributed by atoms with Gasteiger partial charge in [0.05, 0.1) is 19.4 Å². The summed E-state index contributed by atoms with van der Waals surface area (Å²) in [6.45, 7) is 2.20. The number of amides is 4. The van der Waals surface area contributed by atoms with Crippen LogP contribution in [0.4, 0.5) is 19.2 Å². The average Bonchev–Trinajstić information content (AvgIpc) is 3.07. The van der Waals surface area contributed by atoms with Crippen molar-refractivity contribution in [3.8, 4) is 5.75 Å². The molecular weight excluding hydrogens is 618 g/mol. The number of nitrogens with one attached hydrogen (secondary N) is 3. The van der Waals surface area contributed by atoms with Gasteiger partial charge in [-0.25, -0.2) is 30.0 Å². The minimum Gasteiger partial charge on any atom is -0.450 e. The van der Waals surface area contributed by atoms with Gasteiger partial charge in [-0.05, 0) is 37.5 Å². The van der Waals surface area contributed by atoms with Gasteiger partial charge in [0, 0.05) is 0 Å². The molecule has 13 heteroatoms. The van der Waals surface area contributed by atoms with Gasteiger partial charge in [-0.2, -0.15) is 0 Å². The van der Waals surface area contributed by atoms with Crippen molar-refractivity contribution in [1.29, 1.82) is 0 Å². The van der Waals surface area contributed by atoms with Crippen LogP contribution < -0.4 is 26.6 Å². The second kappa shape index (κ2) is 25.6. The van der Waals surface area contributed by atoms with Gasteiger partial charge in [-0.3, -0.25) is 0 Å². The third kappa shape index (κ3) is 19.9. The molecule has 48 heavy (non-hydrogen) atoms. The lowest BCUT2D eigenvalue weighted by atomic mass is 10.0. The quantitative estimate of drug-likeness (QED) is 0.0455. The molecule has 0 aliphatic carbocycles. The Morgan fingerprint density at radius 2 is 1.17 bits per heavy atom. The van der Waals surface area contributed by atoms with Crippen molar-refractivity contribution >= 4 is 24.4 Å². The van der Waals surface area contributed by atoms with E-state index in [0.29, 0.717) is 18.1 Å². The second-order valence-electron chi connectivity index (χ2n) is 11.3. The van der Waals surface area contributed by atoms with Crippen LogP contribution in [0.5, 0.6) is 5.75 Å². The van der Waals surface area contributed by atoms with E-state index in [1.54, 1.807) is 49.4 Å². The Morgan fingerprint density at radius 3 is 1.75 bits per heavy atom. The Balaban J connectivity index is 1.53. The maximum atomic E-state index is 12.7. The lowest BCUT2D eigenvalue weighted by Gasteiger charge is -2.22. The smallest absolute Gasteiger partial charge is 0.448 e. The van der Waals surface area contributed by atoms with Crippen LogP contribution in [0.1, 0.15) is 102 Å². The molecule has 0 bridgehead atoms. The molecule has 1 unspecified atom stereocenters. The number of hydrazine groups is 2. The number of hydrogen-bond acceptors (Lipinski definition) is 9. The maximum Gasteiger partial charge on any atom is 0.448 e. The van der Waals surface area contributed by atoms with E-state index in [1.807, 2.05) is 18.2 Å². The van der Waals surface area contributed by atoms with Crippen LogP contribution >= 0.6 is 0 Å². The summed E-state index contributed by atoms with van der Waals surface area (Å²) in [5, 5.41) is 3.14. The number of unbranched alkanes of at least 4 members (excludes halogenated alkanes) is 12. The summed E-state index contributed by atoms with van der Waals surface area (Å²) in [5.41, 5.74) is 11.0. The highest BCUT2D eigenvalue weighted by molar-refractivity contribution is 5.78. The van der Waals surface area contributed by atoms with Gasteiger partial charge >= 0.3 is 24.4 Å². The molecule has 0 spiro atoms. The summed E-state index contributed by atoms with van der Waals surface area (Å²) in [7, 11) is 0. The molecule has 266 valence electrons. The molecule has 13 nitrogen and oxygen atoms in total. The third-order valence-corrected chi connectivity index (χ3v) is 7.22. The molecule has 4 amide bonds. The number of para-hydroxylation sites is 1. The van der Waals surface area contributed by atoms with Crippen LogP contribution in [0.3, 0.4) is 0 Å². The van der Waals surface area contributed by atoms with Gasteiger partial charge in [0.25, 0.3) is 0 Å². The first-order valence-corrected chi connectivity index (χ1v) is 17.0. The molecule has 0 fully saturated rings. The van der Waals surface area contributed by atoms with Crippen LogP contribution in [0.2, 0.25) is 0 Å². The summed E-state index contributed by atoms with van der Waals surface area (Å²) < 4.78 is 20.4. The normalized spacial score (nSPS) is 11.1. The molecule has 2 aromatic carbocycles. The monoisotopic (exact) mass is 671 g/mol. The number of hydrogen-bond donors (Lipinski definition) is 4. The fourth-order valence-corrected chi connectivity index (χ4v) is 4.71. The summed E-state index contributed by atoms with van der Waals surface area (Å²) in [5.74, 6) is 0.256. The van der Waals surface area contributed by atoms with Gasteiger partial charge in [-0.1, -0.05) is 126 Å². The van der Waals surface area contributed by atoms with Crippen LogP contribution in [0.25, 0.3) is 0 Å². The molecule has 0 radical (unpaired) electrons. The van der Waals surface area contributed by atoms with Crippen molar-refractivity contribution in [3.05, 3.63) is 66.2 Å². The number of alkyl carbamates (subject to hydrolysis) is 1. The summed E-state index contributed by atoms with van der Waals surface area (Å²) in [6, 6.07) is 17.3. The Morgan fingerprint density at radius 1 is 0.646 bits per heavy atom. The number of rotatable bonds is 21. The van der Waals surface area contributed by atoms with Crippen molar-refractivity contribution in [2.75, 3.05) is 13.2 Å². The van der Waals surface area contributed by atoms with Gasteiger partial charge in [0.1, 0.15) is 12.4 Å². The number of nitrogens with zero attached hydrogens (tertiary/aromatic N) is 1. The van der Waals surface area contributed by atoms with Crippen molar-refractivity contribution in [1.82, 2.24) is 21.3 Å². The Bertz CT molecular complexity index is 1170. The van der Waals surface area contributed by atoms with Crippen molar-refractivity contribution < 1.29 is 38.1 Å². The van der Waals surface area contributed by atoms with E-state index in [-0.39, 0.29) is 25.1 Å². The van der Waals surface area contributed by atoms with E-state index >= 15 is 0 Å². The number of carbonyl (C=O) groups excluding carboxylic acids is 4. The predicted octanol–water partition coefficient (Wildman–Crippen LogP) is 7.46. The molecule has 0 saturated heterocycles. The SMILES string of the molecule is CCOC(=O)NC(N)CCCCCCCCCCCCCCCOC(=O)N(NC(=O)OCc1ccccc1)NC(=O)Oc1ccccc1. The number of nitrogens with two attached hydrogens (primary N) is 1. The highest BCUT2D eigenvalue weighted by Gasteiger charge is 2.22. The van der Waals surface area contributed by atoms with Gasteiger partial charge in [0.15, 0.2) is 0 Å². The van der Waals surface area contributed by atoms with Crippen molar-refractivity contribution in [2.45, 2.75) is 110 Å². The maximum absolute atomic E-state index is 12.7. The predicted molar refractivity (Wildman–Crippen MR) is 181 cm³/mol. The largest absolute Gasteiger partial charge is 0.450 e. The van der Waals surface area contributed by atoms with Gasteiger partial charge in [0.2, 0.25) is 0 Å². The Kier molecular flexibility index (Phi) is 21.1. The molecule has 1 atom stereocenters. The zero-order valence-electron chi connectivity index (χ0n) is 28.2. The van der Waals surface area contributed by atoms with Crippen LogP contribution in [-0.4, -0.2) is 48.9 Å². The topological polar surface area (TPSA) is 171 Å². The molecule has 5 N–H and O–H groups in total. The van der Waals surface area contributed by atoms with Crippen LogP contribution in [0.15, 0.2) is 60.7 Å². The first kappa shape index (κ1) is 39.7. The minimum absolute atomic E-state index is 0.0277. The third-order valence-electron chi connectivity index (χ3n) is 7.22. The van der Waals surface area contributed by atoms with E-state index in [2.05, 4.69) is 16.2 Å². The molecule has 2 rings (SSSR count). The van der Waals surface area contributed by atoms with E-state index in [9.17, 15) is 19.2 Å². The van der Waals surface area contributed by atoms with Crippen molar-refractivity contribution in [3.63, 3.8) is 0 Å². The Labute approximate surface area is 284 Å². The van der Waals surface area contributed by atoms with E-state index in [0.717, 1.165) is 44.1 Å². The minimum atomic E-state index is -0.996. The second-order valence-corrected chi connectivity index (χ2v) is 11.3. The number of carbonyl (C=O) groups is 4. The molecule has 0 heterocycles. The summed E-state index contributed by atoms with van der Waals surface area (Å²) in [6.07, 6.45) is 11.2. The molecule has 2 aromatic rings.